The van der Waals surface area contributed by atoms with Gasteiger partial charge in [0.15, 0.2) is 17.3 Å². The van der Waals surface area contributed by atoms with E-state index in [0.29, 0.717) is 34.6 Å². The molecule has 2 amide bonds. The Labute approximate surface area is 252 Å². The Hall–Kier alpha value is -4.88. The fraction of sp³-hybridized carbons (Fsp3) is 0.290. The standard InChI is InChI=1S/C31H25F6N5O3/c1-16-27(30(44)40-9-7-19(8-10-40)41-25(43)12-17-3-5-24(33)26(34)29(17)41)39-42(28(16)18-11-21(45-2)15-38-14-18)20-4-6-23(32)22(13-20)31(35,36)37/h3-6,11,13-15,19H,7-10,12H2,1-2H3. The number of carbonyl (C=O) groups excluding carboxylic acids is 2. The molecule has 2 aromatic carbocycles. The topological polar surface area (TPSA) is 80.6 Å². The first-order chi connectivity index (χ1) is 21.4. The van der Waals surface area contributed by atoms with Crippen LogP contribution in [0.3, 0.4) is 0 Å². The average molecular weight is 630 g/mol. The number of halogens is 6. The lowest BCUT2D eigenvalue weighted by molar-refractivity contribution is -0.140. The van der Waals surface area contributed by atoms with Gasteiger partial charge in [0.05, 0.1) is 42.4 Å². The van der Waals surface area contributed by atoms with Crippen molar-refractivity contribution in [2.75, 3.05) is 25.1 Å². The highest BCUT2D eigenvalue weighted by molar-refractivity contribution is 6.02. The predicted molar refractivity (Wildman–Crippen MR) is 150 cm³/mol. The summed E-state index contributed by atoms with van der Waals surface area (Å²) in [7, 11) is 1.41. The quantitative estimate of drug-likeness (QED) is 0.258. The first-order valence-electron chi connectivity index (χ1n) is 13.9. The van der Waals surface area contributed by atoms with Crippen molar-refractivity contribution in [2.45, 2.75) is 38.4 Å². The van der Waals surface area contributed by atoms with Crippen molar-refractivity contribution in [2.24, 2.45) is 0 Å². The second-order valence-electron chi connectivity index (χ2n) is 10.8. The third-order valence-electron chi connectivity index (χ3n) is 8.17. The number of amides is 2. The first-order valence-corrected chi connectivity index (χ1v) is 13.9. The van der Waals surface area contributed by atoms with Gasteiger partial charge in [-0.15, -0.1) is 0 Å². The van der Waals surface area contributed by atoms with Crippen LogP contribution >= 0.6 is 0 Å². The zero-order valence-corrected chi connectivity index (χ0v) is 24.0. The van der Waals surface area contributed by atoms with E-state index in [1.807, 2.05) is 0 Å². The Morgan fingerprint density at radius 3 is 2.40 bits per heavy atom. The van der Waals surface area contributed by atoms with Gasteiger partial charge in [0.2, 0.25) is 5.91 Å². The van der Waals surface area contributed by atoms with Gasteiger partial charge in [-0.2, -0.15) is 18.3 Å². The van der Waals surface area contributed by atoms with Gasteiger partial charge in [-0.25, -0.2) is 17.9 Å². The summed E-state index contributed by atoms with van der Waals surface area (Å²) in [6.45, 7) is 1.89. The number of likely N-dealkylation sites (tertiary alicyclic amines) is 1. The van der Waals surface area contributed by atoms with E-state index in [2.05, 4.69) is 10.1 Å². The predicted octanol–water partition coefficient (Wildman–Crippen LogP) is 5.88. The van der Waals surface area contributed by atoms with E-state index in [1.54, 1.807) is 13.0 Å². The molecule has 234 valence electrons. The van der Waals surface area contributed by atoms with Crippen molar-refractivity contribution in [3.8, 4) is 22.7 Å². The minimum absolute atomic E-state index is 0.0519. The van der Waals surface area contributed by atoms with Crippen molar-refractivity contribution in [1.29, 1.82) is 0 Å². The Kier molecular flexibility index (Phi) is 7.53. The molecule has 45 heavy (non-hydrogen) atoms. The molecule has 1 saturated heterocycles. The SMILES string of the molecule is COc1cncc(-c2c(C)c(C(=O)N3CCC(N4C(=O)Cc5ccc(F)c(F)c54)CC3)nn2-c2ccc(F)c(C(F)(F)F)c2)c1. The van der Waals surface area contributed by atoms with Gasteiger partial charge in [-0.1, -0.05) is 6.07 Å². The van der Waals surface area contributed by atoms with Crippen molar-refractivity contribution < 1.29 is 40.7 Å². The van der Waals surface area contributed by atoms with Crippen LogP contribution in [0.25, 0.3) is 16.9 Å². The number of nitrogens with zero attached hydrogens (tertiary/aromatic N) is 5. The van der Waals surface area contributed by atoms with Gasteiger partial charge in [0.25, 0.3) is 5.91 Å². The van der Waals surface area contributed by atoms with Crippen molar-refractivity contribution >= 4 is 17.5 Å². The molecular weight excluding hydrogens is 604 g/mol. The van der Waals surface area contributed by atoms with Crippen LogP contribution in [-0.2, 0) is 17.4 Å². The molecule has 4 aromatic rings. The molecule has 0 N–H and O–H groups in total. The Balaban J connectivity index is 1.33. The summed E-state index contributed by atoms with van der Waals surface area (Å²) in [6.07, 6.45) is -1.63. The van der Waals surface area contributed by atoms with Gasteiger partial charge in [-0.3, -0.25) is 14.6 Å². The molecule has 2 aliphatic rings. The second kappa shape index (κ2) is 11.2. The summed E-state index contributed by atoms with van der Waals surface area (Å²) in [6, 6.07) is 5.90. The van der Waals surface area contributed by atoms with Crippen molar-refractivity contribution in [1.82, 2.24) is 19.7 Å². The summed E-state index contributed by atoms with van der Waals surface area (Å²) >= 11 is 0. The Morgan fingerprint density at radius 1 is 1.00 bits per heavy atom. The molecule has 2 aliphatic heterocycles. The zero-order valence-electron chi connectivity index (χ0n) is 24.0. The number of hydrogen-bond acceptors (Lipinski definition) is 5. The van der Waals surface area contributed by atoms with Crippen LogP contribution < -0.4 is 9.64 Å². The lowest BCUT2D eigenvalue weighted by atomic mass is 10.0. The Morgan fingerprint density at radius 2 is 1.71 bits per heavy atom. The molecule has 0 atom stereocenters. The fourth-order valence-electron chi connectivity index (χ4n) is 5.97. The molecule has 14 heteroatoms. The van der Waals surface area contributed by atoms with E-state index in [0.717, 1.165) is 16.8 Å². The number of hydrogen-bond donors (Lipinski definition) is 0. The van der Waals surface area contributed by atoms with Crippen LogP contribution in [0.4, 0.5) is 32.0 Å². The molecule has 6 rings (SSSR count). The molecule has 0 saturated carbocycles. The molecule has 0 unspecified atom stereocenters. The number of ether oxygens (including phenoxy) is 1. The first kappa shape index (κ1) is 30.2. The smallest absolute Gasteiger partial charge is 0.419 e. The van der Waals surface area contributed by atoms with E-state index in [-0.39, 0.29) is 61.0 Å². The summed E-state index contributed by atoms with van der Waals surface area (Å²) in [5.74, 6) is -4.14. The summed E-state index contributed by atoms with van der Waals surface area (Å²) in [5, 5.41) is 4.41. The number of piperidine rings is 1. The number of pyridine rings is 1. The van der Waals surface area contributed by atoms with E-state index in [1.165, 1.54) is 35.4 Å². The van der Waals surface area contributed by atoms with Gasteiger partial charge in [0.1, 0.15) is 11.6 Å². The molecular formula is C31H25F6N5O3. The van der Waals surface area contributed by atoms with Crippen LogP contribution in [0, 0.1) is 24.4 Å². The minimum atomic E-state index is -4.98. The maximum atomic E-state index is 14.7. The second-order valence-corrected chi connectivity index (χ2v) is 10.8. The number of alkyl halides is 3. The molecule has 8 nitrogen and oxygen atoms in total. The lowest BCUT2D eigenvalue weighted by Gasteiger charge is -2.37. The van der Waals surface area contributed by atoms with Crippen molar-refractivity contribution in [3.63, 3.8) is 0 Å². The van der Waals surface area contributed by atoms with Gasteiger partial charge in [0, 0.05) is 36.5 Å². The van der Waals surface area contributed by atoms with Crippen LogP contribution in [0.1, 0.15) is 40.0 Å². The number of fused-ring (bicyclic) bond motifs is 1. The third kappa shape index (κ3) is 5.27. The Bertz CT molecular complexity index is 1830. The number of aromatic nitrogens is 3. The number of rotatable bonds is 5. The minimum Gasteiger partial charge on any atom is -0.495 e. The highest BCUT2D eigenvalue weighted by Crippen LogP contribution is 2.38. The van der Waals surface area contributed by atoms with Gasteiger partial charge in [-0.05, 0) is 55.7 Å². The number of benzene rings is 2. The van der Waals surface area contributed by atoms with Crippen molar-refractivity contribution in [3.05, 3.63) is 88.6 Å². The fourth-order valence-corrected chi connectivity index (χ4v) is 5.97. The largest absolute Gasteiger partial charge is 0.495 e. The number of methoxy groups -OCH3 is 1. The average Bonchev–Trinajstić information content (AvgIpc) is 3.55. The molecule has 1 fully saturated rings. The monoisotopic (exact) mass is 629 g/mol. The van der Waals surface area contributed by atoms with Gasteiger partial charge < -0.3 is 14.5 Å². The van der Waals surface area contributed by atoms with Crippen LogP contribution in [0.5, 0.6) is 5.75 Å². The van der Waals surface area contributed by atoms with Crippen LogP contribution in [0.2, 0.25) is 0 Å². The van der Waals surface area contributed by atoms with E-state index in [9.17, 15) is 35.9 Å². The summed E-state index contributed by atoms with van der Waals surface area (Å²) in [4.78, 5) is 33.5. The van der Waals surface area contributed by atoms with Crippen LogP contribution in [-0.4, -0.2) is 57.7 Å². The number of carbonyl (C=O) groups is 2. The third-order valence-corrected chi connectivity index (χ3v) is 8.17. The van der Waals surface area contributed by atoms with E-state index >= 15 is 0 Å². The molecule has 2 aromatic heterocycles. The summed E-state index contributed by atoms with van der Waals surface area (Å²) in [5.41, 5.74) is -0.404. The molecule has 0 aliphatic carbocycles. The maximum absolute atomic E-state index is 14.7. The van der Waals surface area contributed by atoms with Gasteiger partial charge >= 0.3 is 6.18 Å². The summed E-state index contributed by atoms with van der Waals surface area (Å²) < 4.78 is 90.0. The molecule has 4 heterocycles. The van der Waals surface area contributed by atoms with E-state index in [4.69, 9.17) is 4.74 Å². The number of anilines is 1. The molecule has 0 bridgehead atoms. The normalized spacial score (nSPS) is 15.5. The highest BCUT2D eigenvalue weighted by Gasteiger charge is 2.39. The maximum Gasteiger partial charge on any atom is 0.419 e. The molecule has 0 radical (unpaired) electrons. The lowest BCUT2D eigenvalue weighted by Crippen LogP contribution is -2.48. The zero-order chi connectivity index (χ0) is 32.2. The molecule has 0 spiro atoms. The highest BCUT2D eigenvalue weighted by atomic mass is 19.4. The van der Waals surface area contributed by atoms with Crippen LogP contribution in [0.15, 0.2) is 48.8 Å². The van der Waals surface area contributed by atoms with E-state index < -0.39 is 41.1 Å².